The van der Waals surface area contributed by atoms with Crippen LogP contribution in [0.4, 0.5) is 5.69 Å². The van der Waals surface area contributed by atoms with Crippen molar-refractivity contribution in [3.63, 3.8) is 0 Å². The van der Waals surface area contributed by atoms with Crippen LogP contribution in [0.5, 0.6) is 5.75 Å². The van der Waals surface area contributed by atoms with Crippen LogP contribution in [0, 0.1) is 6.92 Å². The van der Waals surface area contributed by atoms with Crippen molar-refractivity contribution >= 4 is 17.5 Å². The van der Waals surface area contributed by atoms with Crippen molar-refractivity contribution in [2.24, 2.45) is 0 Å². The number of rotatable bonds is 6. The molecule has 1 fully saturated rings. The monoisotopic (exact) mass is 352 g/mol. The van der Waals surface area contributed by atoms with Crippen molar-refractivity contribution in [2.45, 2.75) is 38.6 Å². The fraction of sp³-hybridized carbons (Fsp3) is 0.333. The maximum atomic E-state index is 12.2. The van der Waals surface area contributed by atoms with Gasteiger partial charge in [0, 0.05) is 17.3 Å². The number of nitrogens with one attached hydrogen (secondary N) is 2. The van der Waals surface area contributed by atoms with E-state index in [0.29, 0.717) is 23.0 Å². The zero-order valence-corrected chi connectivity index (χ0v) is 15.0. The summed E-state index contributed by atoms with van der Waals surface area (Å²) >= 11 is 0. The van der Waals surface area contributed by atoms with E-state index in [1.54, 1.807) is 24.3 Å². The van der Waals surface area contributed by atoms with Gasteiger partial charge in [0.2, 0.25) is 0 Å². The lowest BCUT2D eigenvalue weighted by molar-refractivity contribution is -0.118. The molecule has 0 saturated heterocycles. The number of anilines is 1. The molecule has 0 spiro atoms. The number of hydrogen-bond donors (Lipinski definition) is 2. The maximum Gasteiger partial charge on any atom is 0.262 e. The molecule has 2 aromatic rings. The first-order valence-electron chi connectivity index (χ1n) is 9.00. The second-order valence-electron chi connectivity index (χ2n) is 6.69. The summed E-state index contributed by atoms with van der Waals surface area (Å²) in [5, 5.41) is 5.82. The van der Waals surface area contributed by atoms with Gasteiger partial charge in [0.15, 0.2) is 6.61 Å². The van der Waals surface area contributed by atoms with Crippen LogP contribution < -0.4 is 15.4 Å². The highest BCUT2D eigenvalue weighted by molar-refractivity contribution is 5.96. The van der Waals surface area contributed by atoms with Crippen LogP contribution in [0.3, 0.4) is 0 Å². The summed E-state index contributed by atoms with van der Waals surface area (Å²) in [5.41, 5.74) is 2.32. The number of benzene rings is 2. The van der Waals surface area contributed by atoms with Crippen molar-refractivity contribution < 1.29 is 14.3 Å². The van der Waals surface area contributed by atoms with Gasteiger partial charge >= 0.3 is 0 Å². The van der Waals surface area contributed by atoms with Crippen LogP contribution in [0.1, 0.15) is 41.6 Å². The summed E-state index contributed by atoms with van der Waals surface area (Å²) in [6, 6.07) is 14.8. The fourth-order valence-electron chi connectivity index (χ4n) is 3.09. The minimum absolute atomic E-state index is 0.0578. The van der Waals surface area contributed by atoms with Gasteiger partial charge in [-0.25, -0.2) is 0 Å². The Kier molecular flexibility index (Phi) is 5.89. The number of aryl methyl sites for hydroxylation is 1. The molecule has 1 aliphatic carbocycles. The minimum atomic E-state index is -0.241. The van der Waals surface area contributed by atoms with E-state index in [1.165, 1.54) is 12.8 Å². The molecule has 5 nitrogen and oxygen atoms in total. The third-order valence-electron chi connectivity index (χ3n) is 4.48. The quantitative estimate of drug-likeness (QED) is 0.833. The van der Waals surface area contributed by atoms with Gasteiger partial charge < -0.3 is 15.4 Å². The number of ether oxygens (including phenoxy) is 1. The van der Waals surface area contributed by atoms with E-state index >= 15 is 0 Å². The normalized spacial score (nSPS) is 14.0. The molecule has 136 valence electrons. The van der Waals surface area contributed by atoms with E-state index in [0.717, 1.165) is 18.4 Å². The Bertz CT molecular complexity index is 765. The molecule has 2 aromatic carbocycles. The molecule has 0 aliphatic heterocycles. The molecule has 1 aliphatic rings. The molecule has 2 N–H and O–H groups in total. The molecule has 0 atom stereocenters. The van der Waals surface area contributed by atoms with E-state index < -0.39 is 0 Å². The molecule has 0 aromatic heterocycles. The SMILES string of the molecule is Cc1cccc(OCC(=O)Nc2ccc(C(=O)NC3CCCC3)cc2)c1. The zero-order chi connectivity index (χ0) is 18.4. The second kappa shape index (κ2) is 8.52. The molecular formula is C21H24N2O3. The Hall–Kier alpha value is -2.82. The first-order valence-corrected chi connectivity index (χ1v) is 9.00. The molecule has 26 heavy (non-hydrogen) atoms. The van der Waals surface area contributed by atoms with Crippen LogP contribution >= 0.6 is 0 Å². The van der Waals surface area contributed by atoms with Gasteiger partial charge in [0.25, 0.3) is 11.8 Å². The molecule has 0 unspecified atom stereocenters. The summed E-state index contributed by atoms with van der Waals surface area (Å²) in [4.78, 5) is 24.2. The Morgan fingerprint density at radius 1 is 1.08 bits per heavy atom. The Balaban J connectivity index is 1.48. The van der Waals surface area contributed by atoms with Crippen molar-refractivity contribution in [3.05, 3.63) is 59.7 Å². The number of amides is 2. The van der Waals surface area contributed by atoms with Gasteiger partial charge in [-0.15, -0.1) is 0 Å². The Labute approximate surface area is 153 Å². The van der Waals surface area contributed by atoms with Crippen molar-refractivity contribution in [2.75, 3.05) is 11.9 Å². The van der Waals surface area contributed by atoms with Crippen LogP contribution in [0.2, 0.25) is 0 Å². The van der Waals surface area contributed by atoms with Gasteiger partial charge in [0.05, 0.1) is 0 Å². The van der Waals surface area contributed by atoms with Crippen molar-refractivity contribution in [1.82, 2.24) is 5.32 Å². The fourth-order valence-corrected chi connectivity index (χ4v) is 3.09. The topological polar surface area (TPSA) is 67.4 Å². The van der Waals surface area contributed by atoms with Gasteiger partial charge in [-0.3, -0.25) is 9.59 Å². The summed E-state index contributed by atoms with van der Waals surface area (Å²) < 4.78 is 5.48. The third kappa shape index (κ3) is 5.09. The summed E-state index contributed by atoms with van der Waals surface area (Å²) in [7, 11) is 0. The molecule has 2 amide bonds. The van der Waals surface area contributed by atoms with Crippen molar-refractivity contribution in [3.8, 4) is 5.75 Å². The largest absolute Gasteiger partial charge is 0.484 e. The molecule has 1 saturated carbocycles. The van der Waals surface area contributed by atoms with Crippen LogP contribution in [-0.4, -0.2) is 24.5 Å². The van der Waals surface area contributed by atoms with Gasteiger partial charge in [-0.05, 0) is 61.7 Å². The Morgan fingerprint density at radius 2 is 1.81 bits per heavy atom. The maximum absolute atomic E-state index is 12.2. The highest BCUT2D eigenvalue weighted by atomic mass is 16.5. The average molecular weight is 352 g/mol. The lowest BCUT2D eigenvalue weighted by Crippen LogP contribution is -2.32. The lowest BCUT2D eigenvalue weighted by atomic mass is 10.1. The highest BCUT2D eigenvalue weighted by Gasteiger charge is 2.17. The summed E-state index contributed by atoms with van der Waals surface area (Å²) in [6.45, 7) is 1.91. The molecule has 0 heterocycles. The molecule has 3 rings (SSSR count). The lowest BCUT2D eigenvalue weighted by Gasteiger charge is -2.12. The summed E-state index contributed by atoms with van der Waals surface area (Å²) in [5.74, 6) is 0.367. The first kappa shape index (κ1) is 18.0. The molecule has 5 heteroatoms. The summed E-state index contributed by atoms with van der Waals surface area (Å²) in [6.07, 6.45) is 4.47. The second-order valence-corrected chi connectivity index (χ2v) is 6.69. The standard InChI is InChI=1S/C21H24N2O3/c1-15-5-4-8-19(13-15)26-14-20(24)22-18-11-9-16(10-12-18)21(25)23-17-6-2-3-7-17/h4-5,8-13,17H,2-3,6-7,14H2,1H3,(H,22,24)(H,23,25). The van der Waals surface area contributed by atoms with Crippen LogP contribution in [0.15, 0.2) is 48.5 Å². The van der Waals surface area contributed by atoms with Crippen LogP contribution in [0.25, 0.3) is 0 Å². The van der Waals surface area contributed by atoms with Gasteiger partial charge in [-0.1, -0.05) is 25.0 Å². The predicted molar refractivity (Wildman–Crippen MR) is 101 cm³/mol. The van der Waals surface area contributed by atoms with E-state index in [2.05, 4.69) is 10.6 Å². The van der Waals surface area contributed by atoms with E-state index in [4.69, 9.17) is 4.74 Å². The zero-order valence-electron chi connectivity index (χ0n) is 15.0. The van der Waals surface area contributed by atoms with Gasteiger partial charge in [-0.2, -0.15) is 0 Å². The Morgan fingerprint density at radius 3 is 2.50 bits per heavy atom. The smallest absolute Gasteiger partial charge is 0.262 e. The molecule has 0 radical (unpaired) electrons. The number of carbonyl (C=O) groups is 2. The molecular weight excluding hydrogens is 328 g/mol. The average Bonchev–Trinajstić information content (AvgIpc) is 3.14. The van der Waals surface area contributed by atoms with Crippen LogP contribution in [-0.2, 0) is 4.79 Å². The van der Waals surface area contributed by atoms with E-state index in [1.807, 2.05) is 31.2 Å². The van der Waals surface area contributed by atoms with E-state index in [9.17, 15) is 9.59 Å². The minimum Gasteiger partial charge on any atom is -0.484 e. The number of hydrogen-bond acceptors (Lipinski definition) is 3. The van der Waals surface area contributed by atoms with Crippen molar-refractivity contribution in [1.29, 1.82) is 0 Å². The van der Waals surface area contributed by atoms with Gasteiger partial charge in [0.1, 0.15) is 5.75 Å². The predicted octanol–water partition coefficient (Wildman–Crippen LogP) is 3.68. The highest BCUT2D eigenvalue weighted by Crippen LogP contribution is 2.18. The third-order valence-corrected chi connectivity index (χ3v) is 4.48. The number of carbonyl (C=O) groups excluding carboxylic acids is 2. The first-order chi connectivity index (χ1) is 12.6. The molecule has 0 bridgehead atoms. The van der Waals surface area contributed by atoms with E-state index in [-0.39, 0.29) is 18.4 Å².